The Labute approximate surface area is 211 Å². The highest BCUT2D eigenvalue weighted by Crippen LogP contribution is 2.39. The molecular weight excluding hydrogens is 456 g/mol. The quantitative estimate of drug-likeness (QED) is 0.295. The van der Waals surface area contributed by atoms with Crippen molar-refractivity contribution in [3.63, 3.8) is 0 Å². The van der Waals surface area contributed by atoms with E-state index in [1.807, 2.05) is 45.0 Å². The van der Waals surface area contributed by atoms with Crippen molar-refractivity contribution in [3.05, 3.63) is 65.7 Å². The summed E-state index contributed by atoms with van der Waals surface area (Å²) in [6.07, 6.45) is 0. The van der Waals surface area contributed by atoms with Gasteiger partial charge in [0.15, 0.2) is 11.5 Å². The van der Waals surface area contributed by atoms with Gasteiger partial charge in [-0.2, -0.15) is 4.80 Å². The Bertz CT molecular complexity index is 1320. The summed E-state index contributed by atoms with van der Waals surface area (Å²) >= 11 is 0. The lowest BCUT2D eigenvalue weighted by Gasteiger charge is -2.17. The number of nitrogens with zero attached hydrogens (tertiary/aromatic N) is 3. The smallest absolute Gasteiger partial charge is 0.255 e. The number of anilines is 1. The minimum Gasteiger partial charge on any atom is -0.490 e. The molecule has 1 N–H and O–H groups in total. The summed E-state index contributed by atoms with van der Waals surface area (Å²) in [5, 5.41) is 12.1. The standard InChI is InChI=1S/C28H32N4O4/c1-6-34-25-15-20(16-26(35-7-2)27(25)36-8-3)28(33)29-21-11-14-23-24(17-21)31-32(30-23)22-12-9-19(10-13-22)18(4)5/h9-18H,6-8H2,1-5H3,(H,29,33). The predicted molar refractivity (Wildman–Crippen MR) is 141 cm³/mol. The second-order valence-electron chi connectivity index (χ2n) is 8.49. The molecule has 0 saturated heterocycles. The summed E-state index contributed by atoms with van der Waals surface area (Å²) in [5.74, 6) is 1.60. The number of rotatable bonds is 10. The fraction of sp³-hybridized carbons (Fsp3) is 0.321. The van der Waals surface area contributed by atoms with Gasteiger partial charge in [0, 0.05) is 11.3 Å². The van der Waals surface area contributed by atoms with Gasteiger partial charge in [-0.15, -0.1) is 10.2 Å². The maximum absolute atomic E-state index is 13.1. The summed E-state index contributed by atoms with van der Waals surface area (Å²) in [5.41, 5.74) is 4.56. The molecular formula is C28H32N4O4. The van der Waals surface area contributed by atoms with Crippen molar-refractivity contribution in [2.24, 2.45) is 0 Å². The van der Waals surface area contributed by atoms with E-state index in [1.165, 1.54) is 5.56 Å². The van der Waals surface area contributed by atoms with Crippen molar-refractivity contribution in [2.45, 2.75) is 40.5 Å². The van der Waals surface area contributed by atoms with Crippen LogP contribution >= 0.6 is 0 Å². The highest BCUT2D eigenvalue weighted by Gasteiger charge is 2.19. The van der Waals surface area contributed by atoms with Gasteiger partial charge in [0.1, 0.15) is 11.0 Å². The second-order valence-corrected chi connectivity index (χ2v) is 8.49. The molecule has 0 bridgehead atoms. The molecule has 36 heavy (non-hydrogen) atoms. The first kappa shape index (κ1) is 25.0. The fourth-order valence-electron chi connectivity index (χ4n) is 3.82. The van der Waals surface area contributed by atoms with Crippen molar-refractivity contribution in [3.8, 4) is 22.9 Å². The van der Waals surface area contributed by atoms with E-state index >= 15 is 0 Å². The topological polar surface area (TPSA) is 87.5 Å². The molecule has 0 spiro atoms. The van der Waals surface area contributed by atoms with Gasteiger partial charge in [0.05, 0.1) is 25.5 Å². The number of aromatic nitrogens is 3. The minimum atomic E-state index is -0.295. The number of hydrogen-bond acceptors (Lipinski definition) is 6. The van der Waals surface area contributed by atoms with Gasteiger partial charge in [0.25, 0.3) is 5.91 Å². The summed E-state index contributed by atoms with van der Waals surface area (Å²) in [6.45, 7) is 11.3. The van der Waals surface area contributed by atoms with Gasteiger partial charge < -0.3 is 19.5 Å². The van der Waals surface area contributed by atoms with E-state index in [0.717, 1.165) is 11.2 Å². The first-order valence-electron chi connectivity index (χ1n) is 12.3. The number of benzene rings is 3. The number of nitrogens with one attached hydrogen (secondary N) is 1. The summed E-state index contributed by atoms with van der Waals surface area (Å²) in [4.78, 5) is 14.7. The van der Waals surface area contributed by atoms with Crippen LogP contribution in [0, 0.1) is 0 Å². The van der Waals surface area contributed by atoms with Crippen molar-refractivity contribution in [2.75, 3.05) is 25.1 Å². The van der Waals surface area contributed by atoms with Gasteiger partial charge in [-0.05, 0) is 74.7 Å². The normalized spacial score (nSPS) is 11.1. The molecule has 0 atom stereocenters. The van der Waals surface area contributed by atoms with E-state index in [2.05, 4.69) is 41.5 Å². The molecule has 4 rings (SSSR count). The number of hydrogen-bond donors (Lipinski definition) is 1. The Morgan fingerprint density at radius 1 is 0.833 bits per heavy atom. The third kappa shape index (κ3) is 5.43. The molecule has 0 radical (unpaired) electrons. The van der Waals surface area contributed by atoms with Gasteiger partial charge in [-0.3, -0.25) is 4.79 Å². The van der Waals surface area contributed by atoms with Gasteiger partial charge in [-0.1, -0.05) is 26.0 Å². The lowest BCUT2D eigenvalue weighted by atomic mass is 10.0. The van der Waals surface area contributed by atoms with Crippen LogP contribution < -0.4 is 19.5 Å². The van der Waals surface area contributed by atoms with E-state index < -0.39 is 0 Å². The van der Waals surface area contributed by atoms with Crippen molar-refractivity contribution < 1.29 is 19.0 Å². The molecule has 0 aliphatic rings. The monoisotopic (exact) mass is 488 g/mol. The van der Waals surface area contributed by atoms with Gasteiger partial charge in [-0.25, -0.2) is 0 Å². The van der Waals surface area contributed by atoms with Crippen LogP contribution in [0.3, 0.4) is 0 Å². The average Bonchev–Trinajstić information content (AvgIpc) is 3.29. The summed E-state index contributed by atoms with van der Waals surface area (Å²) in [7, 11) is 0. The molecule has 4 aromatic rings. The van der Waals surface area contributed by atoms with E-state index in [-0.39, 0.29) is 5.91 Å². The largest absolute Gasteiger partial charge is 0.490 e. The Kier molecular flexibility index (Phi) is 7.73. The van der Waals surface area contributed by atoms with Gasteiger partial charge in [0.2, 0.25) is 5.75 Å². The zero-order valence-electron chi connectivity index (χ0n) is 21.4. The third-order valence-corrected chi connectivity index (χ3v) is 5.60. The molecule has 0 fully saturated rings. The zero-order chi connectivity index (χ0) is 25.7. The van der Waals surface area contributed by atoms with Crippen LogP contribution in [0.2, 0.25) is 0 Å². The molecule has 0 aliphatic carbocycles. The third-order valence-electron chi connectivity index (χ3n) is 5.60. The molecule has 8 heteroatoms. The Morgan fingerprint density at radius 3 is 2.03 bits per heavy atom. The highest BCUT2D eigenvalue weighted by molar-refractivity contribution is 6.05. The lowest BCUT2D eigenvalue weighted by molar-refractivity contribution is 0.102. The van der Waals surface area contributed by atoms with Crippen LogP contribution in [0.1, 0.15) is 56.5 Å². The highest BCUT2D eigenvalue weighted by atomic mass is 16.5. The number of carbonyl (C=O) groups excluding carboxylic acids is 1. The second kappa shape index (κ2) is 11.1. The average molecular weight is 489 g/mol. The van der Waals surface area contributed by atoms with Crippen LogP contribution in [-0.2, 0) is 0 Å². The first-order valence-corrected chi connectivity index (χ1v) is 12.3. The number of fused-ring (bicyclic) bond motifs is 1. The van der Waals surface area contributed by atoms with E-state index in [1.54, 1.807) is 23.0 Å². The van der Waals surface area contributed by atoms with Crippen LogP contribution in [0.15, 0.2) is 54.6 Å². The van der Waals surface area contributed by atoms with Crippen molar-refractivity contribution in [1.82, 2.24) is 15.0 Å². The van der Waals surface area contributed by atoms with Crippen LogP contribution in [0.4, 0.5) is 5.69 Å². The molecule has 0 saturated carbocycles. The molecule has 3 aromatic carbocycles. The first-order chi connectivity index (χ1) is 17.4. The van der Waals surface area contributed by atoms with E-state index in [0.29, 0.717) is 59.8 Å². The molecule has 1 amide bonds. The van der Waals surface area contributed by atoms with Crippen LogP contribution in [0.5, 0.6) is 17.2 Å². The van der Waals surface area contributed by atoms with Crippen LogP contribution in [-0.4, -0.2) is 40.7 Å². The Hall–Kier alpha value is -4.07. The summed E-state index contributed by atoms with van der Waals surface area (Å²) in [6, 6.07) is 17.0. The van der Waals surface area contributed by atoms with E-state index in [4.69, 9.17) is 14.2 Å². The minimum absolute atomic E-state index is 0.295. The Morgan fingerprint density at radius 2 is 1.44 bits per heavy atom. The van der Waals surface area contributed by atoms with Crippen LogP contribution in [0.25, 0.3) is 16.7 Å². The predicted octanol–water partition coefficient (Wildman–Crippen LogP) is 5.99. The van der Waals surface area contributed by atoms with Crippen molar-refractivity contribution in [1.29, 1.82) is 0 Å². The van der Waals surface area contributed by atoms with Gasteiger partial charge >= 0.3 is 0 Å². The molecule has 188 valence electrons. The number of carbonyl (C=O) groups is 1. The maximum Gasteiger partial charge on any atom is 0.255 e. The molecule has 8 nitrogen and oxygen atoms in total. The molecule has 0 unspecified atom stereocenters. The SMILES string of the molecule is CCOc1cc(C(=O)Nc2ccc3nn(-c4ccc(C(C)C)cc4)nc3c2)cc(OCC)c1OCC. The molecule has 1 heterocycles. The van der Waals surface area contributed by atoms with Crippen molar-refractivity contribution >= 4 is 22.6 Å². The van der Waals surface area contributed by atoms with E-state index in [9.17, 15) is 4.79 Å². The molecule has 0 aliphatic heterocycles. The lowest BCUT2D eigenvalue weighted by Crippen LogP contribution is -2.13. The Balaban J connectivity index is 1.59. The maximum atomic E-state index is 13.1. The number of amides is 1. The fourth-order valence-corrected chi connectivity index (χ4v) is 3.82. The zero-order valence-corrected chi connectivity index (χ0v) is 21.4. The number of ether oxygens (including phenoxy) is 3. The summed E-state index contributed by atoms with van der Waals surface area (Å²) < 4.78 is 17.2. The molecule has 1 aromatic heterocycles.